The second kappa shape index (κ2) is 6.28. The van der Waals surface area contributed by atoms with Crippen LogP contribution in [-0.4, -0.2) is 12.8 Å². The first-order valence-electron chi connectivity index (χ1n) is 7.21. The summed E-state index contributed by atoms with van der Waals surface area (Å²) in [5, 5.41) is 4.16. The highest BCUT2D eigenvalue weighted by atomic mass is 32.2. The molecule has 0 unspecified atom stereocenters. The first-order chi connectivity index (χ1) is 10.7. The van der Waals surface area contributed by atoms with E-state index in [0.717, 1.165) is 22.9 Å². The number of rotatable bonds is 4. The molecule has 0 radical (unpaired) electrons. The van der Waals surface area contributed by atoms with Gasteiger partial charge in [-0.25, -0.2) is 0 Å². The zero-order valence-corrected chi connectivity index (χ0v) is 13.5. The lowest BCUT2D eigenvalue weighted by Crippen LogP contribution is -2.17. The van der Waals surface area contributed by atoms with Gasteiger partial charge in [-0.1, -0.05) is 42.1 Å². The summed E-state index contributed by atoms with van der Waals surface area (Å²) in [6, 6.07) is 16.6. The van der Waals surface area contributed by atoms with Crippen LogP contribution in [0.1, 0.15) is 12.5 Å². The van der Waals surface area contributed by atoms with Gasteiger partial charge in [0.2, 0.25) is 0 Å². The lowest BCUT2D eigenvalue weighted by Gasteiger charge is -2.21. The smallest absolute Gasteiger partial charge is 0.155 e. The molecule has 4 heteroatoms. The first-order valence-corrected chi connectivity index (χ1v) is 8.02. The molecule has 0 amide bonds. The summed E-state index contributed by atoms with van der Waals surface area (Å²) in [6.07, 6.45) is 1.71. The van der Waals surface area contributed by atoms with Gasteiger partial charge in [0, 0.05) is 30.3 Å². The van der Waals surface area contributed by atoms with Crippen molar-refractivity contribution in [2.24, 2.45) is 0 Å². The van der Waals surface area contributed by atoms with Crippen LogP contribution in [0.5, 0.6) is 0 Å². The van der Waals surface area contributed by atoms with Gasteiger partial charge in [0.1, 0.15) is 0 Å². The van der Waals surface area contributed by atoms with Gasteiger partial charge in [-0.3, -0.25) is 4.79 Å². The van der Waals surface area contributed by atoms with E-state index in [-0.39, 0.29) is 5.78 Å². The Kier molecular flexibility index (Phi) is 4.20. The molecule has 0 aromatic heterocycles. The van der Waals surface area contributed by atoms with E-state index in [4.69, 9.17) is 0 Å². The normalized spacial score (nSPS) is 15.0. The van der Waals surface area contributed by atoms with E-state index >= 15 is 0 Å². The van der Waals surface area contributed by atoms with Crippen LogP contribution < -0.4 is 10.2 Å². The number of carbonyl (C=O) groups excluding carboxylic acids is 1. The van der Waals surface area contributed by atoms with Gasteiger partial charge < -0.3 is 10.2 Å². The number of anilines is 2. The largest absolute Gasteiger partial charge is 0.388 e. The molecule has 112 valence electrons. The zero-order chi connectivity index (χ0) is 15.5. The highest BCUT2D eigenvalue weighted by Crippen LogP contribution is 2.47. The molecule has 0 bridgehead atoms. The number of hydrogen-bond donors (Lipinski definition) is 1. The number of thioether (sulfide) groups is 1. The molecule has 1 aliphatic rings. The van der Waals surface area contributed by atoms with Crippen molar-refractivity contribution in [1.82, 2.24) is 0 Å². The van der Waals surface area contributed by atoms with Crippen molar-refractivity contribution >= 4 is 28.9 Å². The average Bonchev–Trinajstić information content (AvgIpc) is 2.84. The number of nitrogens with zero attached hydrogens (tertiary/aromatic N) is 1. The lowest BCUT2D eigenvalue weighted by molar-refractivity contribution is -0.112. The molecule has 1 aliphatic heterocycles. The lowest BCUT2D eigenvalue weighted by atomic mass is 10.2. The van der Waals surface area contributed by atoms with Crippen molar-refractivity contribution in [2.75, 3.05) is 17.3 Å². The Morgan fingerprint density at radius 2 is 2.00 bits per heavy atom. The molecule has 1 N–H and O–H groups in total. The van der Waals surface area contributed by atoms with Crippen molar-refractivity contribution in [3.8, 4) is 0 Å². The van der Waals surface area contributed by atoms with E-state index in [1.165, 1.54) is 10.5 Å². The van der Waals surface area contributed by atoms with Crippen molar-refractivity contribution in [1.29, 1.82) is 0 Å². The molecule has 0 atom stereocenters. The van der Waals surface area contributed by atoms with Crippen LogP contribution >= 0.6 is 11.8 Å². The van der Waals surface area contributed by atoms with Gasteiger partial charge in [0.15, 0.2) is 5.78 Å². The quantitative estimate of drug-likeness (QED) is 0.855. The molecule has 0 saturated heterocycles. The van der Waals surface area contributed by atoms with Crippen molar-refractivity contribution in [3.05, 3.63) is 65.2 Å². The molecular weight excluding hydrogens is 292 g/mol. The van der Waals surface area contributed by atoms with Crippen LogP contribution in [0.4, 0.5) is 11.4 Å². The minimum atomic E-state index is 0.0715. The second-order valence-corrected chi connectivity index (χ2v) is 6.26. The molecule has 2 aromatic carbocycles. The van der Waals surface area contributed by atoms with Crippen molar-refractivity contribution in [3.63, 3.8) is 0 Å². The summed E-state index contributed by atoms with van der Waals surface area (Å²) in [7, 11) is 1.91. The zero-order valence-electron chi connectivity index (χ0n) is 12.7. The highest BCUT2D eigenvalue weighted by Gasteiger charge is 2.25. The van der Waals surface area contributed by atoms with Crippen molar-refractivity contribution < 1.29 is 4.79 Å². The predicted octanol–water partition coefficient (Wildman–Crippen LogP) is 4.27. The van der Waals surface area contributed by atoms with E-state index in [9.17, 15) is 4.79 Å². The SMILES string of the molecule is CNc1ccc2c(c1)N(Cc1ccccc1)/C(=C/C(C)=O)S2. The van der Waals surface area contributed by atoms with Crippen LogP contribution in [0.15, 0.2) is 64.5 Å². The van der Waals surface area contributed by atoms with Gasteiger partial charge in [-0.05, 0) is 30.7 Å². The maximum absolute atomic E-state index is 11.5. The maximum Gasteiger partial charge on any atom is 0.155 e. The second-order valence-electron chi connectivity index (χ2n) is 5.20. The molecule has 0 fully saturated rings. The van der Waals surface area contributed by atoms with Gasteiger partial charge in [-0.2, -0.15) is 0 Å². The van der Waals surface area contributed by atoms with E-state index in [1.54, 1.807) is 24.8 Å². The minimum absolute atomic E-state index is 0.0715. The van der Waals surface area contributed by atoms with Gasteiger partial charge in [0.05, 0.1) is 10.7 Å². The van der Waals surface area contributed by atoms with E-state index in [1.807, 2.05) is 25.2 Å². The average molecular weight is 310 g/mol. The molecule has 22 heavy (non-hydrogen) atoms. The third-order valence-corrected chi connectivity index (χ3v) is 4.64. The number of hydrogen-bond acceptors (Lipinski definition) is 4. The summed E-state index contributed by atoms with van der Waals surface area (Å²) in [5.74, 6) is 0.0715. The number of benzene rings is 2. The standard InChI is InChI=1S/C18H18N2OS/c1-13(21)10-18-20(12-14-6-4-3-5-7-14)16-11-15(19-2)8-9-17(16)22-18/h3-11,19H,12H2,1-2H3/b18-10-. The Hall–Kier alpha value is -2.20. The molecule has 3 nitrogen and oxygen atoms in total. The summed E-state index contributed by atoms with van der Waals surface area (Å²) < 4.78 is 0. The summed E-state index contributed by atoms with van der Waals surface area (Å²) in [4.78, 5) is 14.9. The van der Waals surface area contributed by atoms with Crippen LogP contribution in [0.2, 0.25) is 0 Å². The molecule has 1 heterocycles. The Bertz CT molecular complexity index is 725. The minimum Gasteiger partial charge on any atom is -0.388 e. The van der Waals surface area contributed by atoms with Crippen LogP contribution in [-0.2, 0) is 11.3 Å². The Labute approximate surface area is 135 Å². The Morgan fingerprint density at radius 1 is 1.23 bits per heavy atom. The third-order valence-electron chi connectivity index (χ3n) is 3.53. The topological polar surface area (TPSA) is 32.3 Å². The molecule has 3 rings (SSSR count). The summed E-state index contributed by atoms with van der Waals surface area (Å²) in [6.45, 7) is 2.35. The van der Waals surface area contributed by atoms with Crippen LogP contribution in [0, 0.1) is 0 Å². The fourth-order valence-corrected chi connectivity index (χ4v) is 3.60. The molecule has 2 aromatic rings. The summed E-state index contributed by atoms with van der Waals surface area (Å²) in [5.41, 5.74) is 3.44. The van der Waals surface area contributed by atoms with Crippen LogP contribution in [0.25, 0.3) is 0 Å². The number of ketones is 1. The van der Waals surface area contributed by atoms with E-state index in [0.29, 0.717) is 0 Å². The monoisotopic (exact) mass is 310 g/mol. The van der Waals surface area contributed by atoms with Crippen LogP contribution in [0.3, 0.4) is 0 Å². The van der Waals surface area contributed by atoms with Gasteiger partial charge >= 0.3 is 0 Å². The molecular formula is C18H18N2OS. The van der Waals surface area contributed by atoms with Gasteiger partial charge in [0.25, 0.3) is 0 Å². The molecule has 0 spiro atoms. The molecule has 0 aliphatic carbocycles. The number of carbonyl (C=O) groups is 1. The van der Waals surface area contributed by atoms with E-state index < -0.39 is 0 Å². The number of nitrogens with one attached hydrogen (secondary N) is 1. The number of fused-ring (bicyclic) bond motifs is 1. The van der Waals surface area contributed by atoms with Gasteiger partial charge in [-0.15, -0.1) is 0 Å². The Morgan fingerprint density at radius 3 is 2.68 bits per heavy atom. The van der Waals surface area contributed by atoms with E-state index in [2.05, 4.69) is 40.5 Å². The number of allylic oxidation sites excluding steroid dienone is 1. The predicted molar refractivity (Wildman–Crippen MR) is 93.2 cm³/mol. The third kappa shape index (κ3) is 3.02. The van der Waals surface area contributed by atoms with Crippen molar-refractivity contribution in [2.45, 2.75) is 18.4 Å². The molecule has 0 saturated carbocycles. The first kappa shape index (κ1) is 14.7. The fraction of sp³-hybridized carbons (Fsp3) is 0.167. The highest BCUT2D eigenvalue weighted by molar-refractivity contribution is 8.03. The summed E-state index contributed by atoms with van der Waals surface area (Å²) >= 11 is 1.65. The fourth-order valence-electron chi connectivity index (χ4n) is 2.47. The Balaban J connectivity index is 2.00. The maximum atomic E-state index is 11.5.